The quantitative estimate of drug-likeness (QED) is 0.339. The lowest BCUT2D eigenvalue weighted by Crippen LogP contribution is -2.30. The van der Waals surface area contributed by atoms with Crippen molar-refractivity contribution in [3.63, 3.8) is 0 Å². The fraction of sp³-hybridized carbons (Fsp3) is 0.360. The van der Waals surface area contributed by atoms with E-state index in [0.29, 0.717) is 11.8 Å². The van der Waals surface area contributed by atoms with E-state index in [1.165, 1.54) is 24.8 Å². The molecule has 0 bridgehead atoms. The number of likely N-dealkylation sites (tertiary alicyclic amines) is 1. The van der Waals surface area contributed by atoms with Gasteiger partial charge in [-0.05, 0) is 64.0 Å². The Morgan fingerprint density at radius 3 is 2.42 bits per heavy atom. The molecule has 5 rings (SSSR count). The van der Waals surface area contributed by atoms with Crippen molar-refractivity contribution in [1.82, 2.24) is 29.9 Å². The number of piperidine rings is 1. The summed E-state index contributed by atoms with van der Waals surface area (Å²) in [6.07, 6.45) is 3.81. The van der Waals surface area contributed by atoms with Crippen molar-refractivity contribution >= 4 is 11.8 Å². The van der Waals surface area contributed by atoms with Gasteiger partial charge in [0, 0.05) is 11.3 Å². The second-order valence-corrected chi connectivity index (χ2v) is 9.79. The van der Waals surface area contributed by atoms with Crippen LogP contribution in [0.4, 0.5) is 0 Å². The van der Waals surface area contributed by atoms with Crippen LogP contribution in [0.15, 0.2) is 64.2 Å². The van der Waals surface area contributed by atoms with Crippen LogP contribution in [0.3, 0.4) is 0 Å². The molecule has 0 spiro atoms. The molecule has 0 saturated carbocycles. The summed E-state index contributed by atoms with van der Waals surface area (Å²) >= 11 is 1.59. The van der Waals surface area contributed by atoms with Crippen molar-refractivity contribution in [1.29, 1.82) is 0 Å². The summed E-state index contributed by atoms with van der Waals surface area (Å²) in [4.78, 5) is 2.47. The molecule has 2 aromatic carbocycles. The maximum absolute atomic E-state index is 6.01. The molecular formula is C25H28N6OS. The van der Waals surface area contributed by atoms with E-state index >= 15 is 0 Å². The first-order valence-corrected chi connectivity index (χ1v) is 12.3. The van der Waals surface area contributed by atoms with Crippen LogP contribution >= 0.6 is 11.8 Å². The van der Waals surface area contributed by atoms with E-state index in [-0.39, 0.29) is 5.25 Å². The van der Waals surface area contributed by atoms with Crippen LogP contribution in [0.2, 0.25) is 0 Å². The molecule has 8 heteroatoms. The summed E-state index contributed by atoms with van der Waals surface area (Å²) < 4.78 is 8.17. The van der Waals surface area contributed by atoms with Crippen LogP contribution in [0.5, 0.6) is 0 Å². The molecule has 1 aliphatic rings. The second kappa shape index (κ2) is 9.89. The van der Waals surface area contributed by atoms with Gasteiger partial charge in [0.25, 0.3) is 0 Å². The molecule has 170 valence electrons. The van der Waals surface area contributed by atoms with Gasteiger partial charge < -0.3 is 4.42 Å². The first-order chi connectivity index (χ1) is 16.2. The second-order valence-electron chi connectivity index (χ2n) is 8.48. The monoisotopic (exact) mass is 460 g/mol. The third kappa shape index (κ3) is 5.02. The number of benzene rings is 2. The Kier molecular flexibility index (Phi) is 6.55. The van der Waals surface area contributed by atoms with Crippen molar-refractivity contribution in [2.45, 2.75) is 50.1 Å². The molecule has 33 heavy (non-hydrogen) atoms. The number of aromatic nitrogens is 5. The zero-order valence-electron chi connectivity index (χ0n) is 19.0. The maximum atomic E-state index is 6.01. The van der Waals surface area contributed by atoms with E-state index in [0.717, 1.165) is 41.9 Å². The largest absolute Gasteiger partial charge is 0.419 e. The molecule has 3 heterocycles. The Hall–Kier alpha value is -2.97. The summed E-state index contributed by atoms with van der Waals surface area (Å²) in [5.41, 5.74) is 3.19. The normalized spacial score (nSPS) is 15.6. The van der Waals surface area contributed by atoms with Gasteiger partial charge in [0.2, 0.25) is 11.8 Å². The van der Waals surface area contributed by atoms with Crippen LogP contribution in [0.25, 0.3) is 17.1 Å². The van der Waals surface area contributed by atoms with E-state index < -0.39 is 0 Å². The average Bonchev–Trinajstić information content (AvgIpc) is 3.49. The number of hydrogen-bond donors (Lipinski definition) is 0. The molecule has 1 atom stereocenters. The summed E-state index contributed by atoms with van der Waals surface area (Å²) in [5.74, 6) is 2.08. The molecule has 1 saturated heterocycles. The number of aryl methyl sites for hydroxylation is 1. The lowest BCUT2D eigenvalue weighted by molar-refractivity contribution is 0.214. The van der Waals surface area contributed by atoms with Gasteiger partial charge in [-0.1, -0.05) is 54.1 Å². The molecule has 4 aromatic rings. The average molecular weight is 461 g/mol. The van der Waals surface area contributed by atoms with Crippen LogP contribution in [0.1, 0.15) is 48.7 Å². The highest BCUT2D eigenvalue weighted by molar-refractivity contribution is 7.99. The third-order valence-corrected chi connectivity index (χ3v) is 6.93. The van der Waals surface area contributed by atoms with Crippen LogP contribution in [-0.2, 0) is 6.54 Å². The number of para-hydroxylation sites is 1. The maximum Gasteiger partial charge on any atom is 0.247 e. The summed E-state index contributed by atoms with van der Waals surface area (Å²) in [6, 6.07) is 18.4. The van der Waals surface area contributed by atoms with Gasteiger partial charge in [-0.2, -0.15) is 0 Å². The molecular weight excluding hydrogens is 432 g/mol. The number of nitrogens with zero attached hydrogens (tertiary/aromatic N) is 6. The van der Waals surface area contributed by atoms with Crippen molar-refractivity contribution in [2.24, 2.45) is 0 Å². The van der Waals surface area contributed by atoms with E-state index in [4.69, 9.17) is 4.42 Å². The van der Waals surface area contributed by atoms with Gasteiger partial charge in [-0.3, -0.25) is 9.47 Å². The van der Waals surface area contributed by atoms with E-state index in [9.17, 15) is 0 Å². The molecule has 0 aliphatic carbocycles. The summed E-state index contributed by atoms with van der Waals surface area (Å²) in [5, 5.41) is 18.5. The standard InChI is InChI=1S/C25H28N6OS/c1-18-11-13-20(14-12-18)24-28-27-23(32-24)19(2)33-25-29-26-22(17-30-15-7-4-8-16-30)31(25)21-9-5-3-6-10-21/h3,5-6,9-14,19H,4,7-8,15-17H2,1-2H3. The number of thioether (sulfide) groups is 1. The third-order valence-electron chi connectivity index (χ3n) is 5.90. The van der Waals surface area contributed by atoms with Gasteiger partial charge >= 0.3 is 0 Å². The number of rotatable bonds is 7. The summed E-state index contributed by atoms with van der Waals surface area (Å²) in [7, 11) is 0. The predicted octanol–water partition coefficient (Wildman–Crippen LogP) is 5.46. The topological polar surface area (TPSA) is 72.9 Å². The molecule has 1 aliphatic heterocycles. The van der Waals surface area contributed by atoms with Crippen LogP contribution in [-0.4, -0.2) is 43.0 Å². The molecule has 0 N–H and O–H groups in total. The fourth-order valence-corrected chi connectivity index (χ4v) is 4.97. The Bertz CT molecular complexity index is 1180. The fourth-order valence-electron chi connectivity index (χ4n) is 4.05. The highest BCUT2D eigenvalue weighted by Gasteiger charge is 2.23. The lowest BCUT2D eigenvalue weighted by atomic mass is 10.1. The molecule has 7 nitrogen and oxygen atoms in total. The molecule has 0 amide bonds. The first kappa shape index (κ1) is 21.9. The van der Waals surface area contributed by atoms with Gasteiger partial charge in [0.1, 0.15) is 0 Å². The Morgan fingerprint density at radius 1 is 0.909 bits per heavy atom. The molecule has 0 radical (unpaired) electrons. The minimum absolute atomic E-state index is 0.0637. The summed E-state index contributed by atoms with van der Waals surface area (Å²) in [6.45, 7) is 7.15. The Morgan fingerprint density at radius 2 is 1.67 bits per heavy atom. The minimum atomic E-state index is -0.0637. The molecule has 1 fully saturated rings. The van der Waals surface area contributed by atoms with E-state index in [2.05, 4.69) is 55.8 Å². The van der Waals surface area contributed by atoms with Gasteiger partial charge in [-0.25, -0.2) is 0 Å². The minimum Gasteiger partial charge on any atom is -0.419 e. The Labute approximate surface area is 198 Å². The highest BCUT2D eigenvalue weighted by atomic mass is 32.2. The van der Waals surface area contributed by atoms with Gasteiger partial charge in [0.05, 0.1) is 11.8 Å². The van der Waals surface area contributed by atoms with Crippen molar-refractivity contribution in [3.8, 4) is 17.1 Å². The van der Waals surface area contributed by atoms with E-state index in [1.807, 2.05) is 42.5 Å². The lowest BCUT2D eigenvalue weighted by Gasteiger charge is -2.26. The first-order valence-electron chi connectivity index (χ1n) is 11.5. The van der Waals surface area contributed by atoms with Gasteiger partial charge in [-0.15, -0.1) is 20.4 Å². The van der Waals surface area contributed by atoms with Gasteiger partial charge in [0.15, 0.2) is 11.0 Å². The van der Waals surface area contributed by atoms with Crippen molar-refractivity contribution in [3.05, 3.63) is 71.9 Å². The zero-order valence-corrected chi connectivity index (χ0v) is 19.8. The van der Waals surface area contributed by atoms with E-state index in [1.54, 1.807) is 11.8 Å². The molecule has 2 aromatic heterocycles. The van der Waals surface area contributed by atoms with Crippen molar-refractivity contribution in [2.75, 3.05) is 13.1 Å². The zero-order chi connectivity index (χ0) is 22.6. The van der Waals surface area contributed by atoms with Crippen LogP contribution < -0.4 is 0 Å². The highest BCUT2D eigenvalue weighted by Crippen LogP contribution is 2.36. The van der Waals surface area contributed by atoms with Crippen LogP contribution in [0, 0.1) is 6.92 Å². The molecule has 1 unspecified atom stereocenters. The smallest absolute Gasteiger partial charge is 0.247 e. The predicted molar refractivity (Wildman–Crippen MR) is 129 cm³/mol. The van der Waals surface area contributed by atoms with Crippen molar-refractivity contribution < 1.29 is 4.42 Å². The SMILES string of the molecule is Cc1ccc(-c2nnc(C(C)Sc3nnc(CN4CCCCC4)n3-c3ccccc3)o2)cc1. The number of hydrogen-bond acceptors (Lipinski definition) is 7. The Balaban J connectivity index is 1.39.